The van der Waals surface area contributed by atoms with Crippen molar-refractivity contribution in [2.45, 2.75) is 57.2 Å². The van der Waals surface area contributed by atoms with Gasteiger partial charge in [-0.25, -0.2) is 8.78 Å². The Morgan fingerprint density at radius 3 is 2.21 bits per heavy atom. The van der Waals surface area contributed by atoms with Crippen molar-refractivity contribution < 1.29 is 18.6 Å². The third kappa shape index (κ3) is 2.42. The normalized spacial score (nSPS) is 36.0. The van der Waals surface area contributed by atoms with E-state index in [2.05, 4.69) is 11.7 Å². The number of aliphatic hydroxyl groups excluding tert-OH is 1. The molecule has 0 aromatic heterocycles. The van der Waals surface area contributed by atoms with Gasteiger partial charge in [-0.1, -0.05) is 32.6 Å². The first-order valence-corrected chi connectivity index (χ1v) is 5.27. The van der Waals surface area contributed by atoms with Gasteiger partial charge in [0.25, 0.3) is 11.7 Å². The van der Waals surface area contributed by atoms with Crippen LogP contribution in [0.1, 0.15) is 45.4 Å². The summed E-state index contributed by atoms with van der Waals surface area (Å²) in [4.78, 5) is 0. The molecule has 1 aliphatic heterocycles. The highest BCUT2D eigenvalue weighted by atomic mass is 19.2. The Labute approximate surface area is 83.3 Å². The molecule has 0 aliphatic carbocycles. The maximum absolute atomic E-state index is 13.3. The van der Waals surface area contributed by atoms with E-state index < -0.39 is 18.3 Å². The number of ether oxygens (including phenoxy) is 1. The number of aliphatic hydroxyl groups is 1. The van der Waals surface area contributed by atoms with Crippen LogP contribution in [0.15, 0.2) is 0 Å². The summed E-state index contributed by atoms with van der Waals surface area (Å²) in [6.45, 7) is 1.21. The second-order valence-electron chi connectivity index (χ2n) is 3.88. The largest absolute Gasteiger partial charge is 0.390 e. The molecule has 2 nitrogen and oxygen atoms in total. The molecule has 0 aromatic carbocycles. The van der Waals surface area contributed by atoms with Crippen LogP contribution in [0.2, 0.25) is 0 Å². The van der Waals surface area contributed by atoms with E-state index in [9.17, 15) is 8.78 Å². The summed E-state index contributed by atoms with van der Waals surface area (Å²) < 4.78 is 30.6. The first kappa shape index (κ1) is 11.9. The molecule has 0 amide bonds. The van der Waals surface area contributed by atoms with E-state index in [0.717, 1.165) is 25.7 Å². The molecule has 2 atom stereocenters. The minimum absolute atomic E-state index is 0.0494. The lowest BCUT2D eigenvalue weighted by molar-refractivity contribution is 0.0645. The van der Waals surface area contributed by atoms with Crippen molar-refractivity contribution in [3.63, 3.8) is 0 Å². The van der Waals surface area contributed by atoms with Crippen molar-refractivity contribution in [3.05, 3.63) is 0 Å². The van der Waals surface area contributed by atoms with Gasteiger partial charge < -0.3 is 5.11 Å². The SMILES string of the molecule is CCCCCCC[C@]1(F)O[C@@]1(F)CO. The number of unbranched alkanes of at least 4 members (excludes halogenated alkanes) is 4. The van der Waals surface area contributed by atoms with Crippen LogP contribution in [-0.4, -0.2) is 23.4 Å². The summed E-state index contributed by atoms with van der Waals surface area (Å²) in [7, 11) is 0. The molecular formula is C10H18F2O2. The van der Waals surface area contributed by atoms with E-state index in [1.54, 1.807) is 0 Å². The van der Waals surface area contributed by atoms with Gasteiger partial charge in [-0.15, -0.1) is 0 Å². The Hall–Kier alpha value is -0.220. The van der Waals surface area contributed by atoms with E-state index in [0.29, 0.717) is 6.42 Å². The number of rotatable bonds is 7. The summed E-state index contributed by atoms with van der Waals surface area (Å²) in [5, 5.41) is 8.50. The average molecular weight is 208 g/mol. The molecule has 0 bridgehead atoms. The highest BCUT2D eigenvalue weighted by molar-refractivity contribution is 5.00. The third-order valence-corrected chi connectivity index (χ3v) is 2.64. The first-order valence-electron chi connectivity index (χ1n) is 5.27. The number of epoxide rings is 1. The smallest absolute Gasteiger partial charge is 0.294 e. The van der Waals surface area contributed by atoms with Crippen molar-refractivity contribution in [1.29, 1.82) is 0 Å². The van der Waals surface area contributed by atoms with Gasteiger partial charge in [-0.05, 0) is 6.42 Å². The van der Waals surface area contributed by atoms with Gasteiger partial charge in [0.05, 0.1) is 0 Å². The first-order chi connectivity index (χ1) is 6.58. The fourth-order valence-corrected chi connectivity index (χ4v) is 1.57. The zero-order chi connectivity index (χ0) is 10.7. The Morgan fingerprint density at radius 1 is 1.07 bits per heavy atom. The van der Waals surface area contributed by atoms with Crippen LogP contribution in [-0.2, 0) is 4.74 Å². The number of alkyl halides is 2. The lowest BCUT2D eigenvalue weighted by Crippen LogP contribution is -2.20. The molecule has 84 valence electrons. The molecule has 0 aromatic rings. The second kappa shape index (κ2) is 4.53. The molecule has 1 rings (SSSR count). The standard InChI is InChI=1S/C10H18F2O2/c1-2-3-4-5-6-7-9(11)10(12,8-13)14-9/h13H,2-8H2,1H3/t9-,10-/m0/s1. The molecular weight excluding hydrogens is 190 g/mol. The van der Waals surface area contributed by atoms with Crippen molar-refractivity contribution in [2.24, 2.45) is 0 Å². The van der Waals surface area contributed by atoms with Gasteiger partial charge in [0.15, 0.2) is 0 Å². The molecule has 1 N–H and O–H groups in total. The second-order valence-corrected chi connectivity index (χ2v) is 3.88. The fourth-order valence-electron chi connectivity index (χ4n) is 1.57. The molecule has 0 unspecified atom stereocenters. The molecule has 1 aliphatic rings. The van der Waals surface area contributed by atoms with Crippen LogP contribution in [0.3, 0.4) is 0 Å². The monoisotopic (exact) mass is 208 g/mol. The molecule has 14 heavy (non-hydrogen) atoms. The zero-order valence-electron chi connectivity index (χ0n) is 8.56. The predicted molar refractivity (Wildman–Crippen MR) is 49.2 cm³/mol. The van der Waals surface area contributed by atoms with E-state index in [1.165, 1.54) is 0 Å². The minimum atomic E-state index is -2.42. The van der Waals surface area contributed by atoms with Crippen LogP contribution in [0.25, 0.3) is 0 Å². The van der Waals surface area contributed by atoms with E-state index in [1.807, 2.05) is 0 Å². The van der Waals surface area contributed by atoms with Gasteiger partial charge in [0.1, 0.15) is 6.61 Å². The molecule has 1 saturated heterocycles. The van der Waals surface area contributed by atoms with Gasteiger partial charge in [-0.3, -0.25) is 4.74 Å². The summed E-state index contributed by atoms with van der Waals surface area (Å²) in [6, 6.07) is 0. The topological polar surface area (TPSA) is 32.8 Å². The van der Waals surface area contributed by atoms with Crippen molar-refractivity contribution >= 4 is 0 Å². The van der Waals surface area contributed by atoms with Crippen molar-refractivity contribution in [2.75, 3.05) is 6.61 Å². The molecule has 0 radical (unpaired) electrons. The molecule has 1 fully saturated rings. The minimum Gasteiger partial charge on any atom is -0.390 e. The fraction of sp³-hybridized carbons (Fsp3) is 1.00. The van der Waals surface area contributed by atoms with E-state index in [-0.39, 0.29) is 6.42 Å². The molecule has 0 spiro atoms. The van der Waals surface area contributed by atoms with Crippen LogP contribution < -0.4 is 0 Å². The molecule has 1 heterocycles. The van der Waals surface area contributed by atoms with Gasteiger partial charge in [0, 0.05) is 6.42 Å². The quantitative estimate of drug-likeness (QED) is 0.515. The van der Waals surface area contributed by atoms with Crippen LogP contribution in [0.4, 0.5) is 8.78 Å². The van der Waals surface area contributed by atoms with Gasteiger partial charge >= 0.3 is 0 Å². The highest BCUT2D eigenvalue weighted by Crippen LogP contribution is 2.53. The van der Waals surface area contributed by atoms with E-state index >= 15 is 0 Å². The lowest BCUT2D eigenvalue weighted by Gasteiger charge is -2.03. The summed E-state index contributed by atoms with van der Waals surface area (Å²) in [6.07, 6.45) is 4.85. The highest BCUT2D eigenvalue weighted by Gasteiger charge is 2.73. The third-order valence-electron chi connectivity index (χ3n) is 2.64. The summed E-state index contributed by atoms with van der Waals surface area (Å²) in [5.41, 5.74) is 0. The molecule has 0 saturated carbocycles. The predicted octanol–water partition coefficient (Wildman–Crippen LogP) is 2.70. The van der Waals surface area contributed by atoms with Crippen molar-refractivity contribution in [3.8, 4) is 0 Å². The number of hydrogen-bond acceptors (Lipinski definition) is 2. The van der Waals surface area contributed by atoms with Gasteiger partial charge in [-0.2, -0.15) is 0 Å². The van der Waals surface area contributed by atoms with Crippen LogP contribution >= 0.6 is 0 Å². The van der Waals surface area contributed by atoms with Crippen molar-refractivity contribution in [1.82, 2.24) is 0 Å². The lowest BCUT2D eigenvalue weighted by atomic mass is 10.1. The summed E-state index contributed by atoms with van der Waals surface area (Å²) in [5.74, 6) is -4.63. The van der Waals surface area contributed by atoms with Gasteiger partial charge in [0.2, 0.25) is 0 Å². The zero-order valence-corrected chi connectivity index (χ0v) is 8.56. The maximum Gasteiger partial charge on any atom is 0.294 e. The van der Waals surface area contributed by atoms with Crippen LogP contribution in [0.5, 0.6) is 0 Å². The Kier molecular flexibility index (Phi) is 3.84. The number of hydrogen-bond donors (Lipinski definition) is 1. The Balaban J connectivity index is 2.08. The average Bonchev–Trinajstić information content (AvgIpc) is 2.70. The van der Waals surface area contributed by atoms with E-state index in [4.69, 9.17) is 5.11 Å². The summed E-state index contributed by atoms with van der Waals surface area (Å²) >= 11 is 0. The molecule has 4 heteroatoms. The Bertz CT molecular complexity index is 189. The maximum atomic E-state index is 13.3. The Morgan fingerprint density at radius 2 is 1.71 bits per heavy atom. The van der Waals surface area contributed by atoms with Crippen LogP contribution in [0, 0.1) is 0 Å². The number of halogens is 2.